The lowest BCUT2D eigenvalue weighted by Gasteiger charge is -2.31. The van der Waals surface area contributed by atoms with Gasteiger partial charge in [0.05, 0.1) is 11.3 Å². The van der Waals surface area contributed by atoms with Crippen LogP contribution in [0, 0.1) is 0 Å². The van der Waals surface area contributed by atoms with Crippen molar-refractivity contribution in [1.29, 1.82) is 0 Å². The van der Waals surface area contributed by atoms with Crippen molar-refractivity contribution in [1.82, 2.24) is 9.62 Å². The molecule has 0 radical (unpaired) electrons. The van der Waals surface area contributed by atoms with Crippen molar-refractivity contribution in [2.45, 2.75) is 37.1 Å². The molecule has 0 atom stereocenters. The first kappa shape index (κ1) is 22.9. The third kappa shape index (κ3) is 5.58. The van der Waals surface area contributed by atoms with Gasteiger partial charge in [-0.05, 0) is 53.4 Å². The first-order valence-electron chi connectivity index (χ1n) is 11.0. The van der Waals surface area contributed by atoms with Crippen molar-refractivity contribution >= 4 is 38.3 Å². The van der Waals surface area contributed by atoms with Gasteiger partial charge in [0.25, 0.3) is 0 Å². The number of carbonyl (C=O) groups is 2. The molecule has 0 saturated carbocycles. The van der Waals surface area contributed by atoms with E-state index in [1.807, 2.05) is 42.5 Å². The van der Waals surface area contributed by atoms with Gasteiger partial charge >= 0.3 is 0 Å². The van der Waals surface area contributed by atoms with E-state index in [1.165, 1.54) is 23.4 Å². The van der Waals surface area contributed by atoms with Gasteiger partial charge in [-0.25, -0.2) is 8.42 Å². The molecule has 2 amide bonds. The second-order valence-electron chi connectivity index (χ2n) is 8.31. The van der Waals surface area contributed by atoms with E-state index >= 15 is 0 Å². The Balaban J connectivity index is 1.31. The lowest BCUT2D eigenvalue weighted by atomic mass is 10.0. The molecule has 172 valence electrons. The number of nitrogens with zero attached hydrogens (tertiary/aromatic N) is 1. The van der Waals surface area contributed by atoms with Crippen LogP contribution < -0.4 is 10.6 Å². The Morgan fingerprint density at radius 1 is 0.939 bits per heavy atom. The molecule has 1 aliphatic heterocycles. The topological polar surface area (TPSA) is 95.6 Å². The average Bonchev–Trinajstić information content (AvgIpc) is 2.79. The van der Waals surface area contributed by atoms with Crippen LogP contribution in [0.15, 0.2) is 71.6 Å². The molecule has 1 heterocycles. The zero-order valence-corrected chi connectivity index (χ0v) is 19.3. The number of hydrogen-bond donors (Lipinski definition) is 2. The van der Waals surface area contributed by atoms with Gasteiger partial charge in [0.1, 0.15) is 0 Å². The number of carbonyl (C=O) groups excluding carboxylic acids is 2. The summed E-state index contributed by atoms with van der Waals surface area (Å²) in [5.41, 5.74) is 1.50. The minimum absolute atomic E-state index is 0.0495. The Morgan fingerprint density at radius 2 is 1.61 bits per heavy atom. The molecule has 1 aliphatic rings. The fourth-order valence-electron chi connectivity index (χ4n) is 4.12. The fourth-order valence-corrected chi connectivity index (χ4v) is 5.59. The molecule has 3 aromatic carbocycles. The number of benzene rings is 3. The molecule has 1 saturated heterocycles. The van der Waals surface area contributed by atoms with Gasteiger partial charge in [0.15, 0.2) is 0 Å². The van der Waals surface area contributed by atoms with Crippen LogP contribution in [-0.4, -0.2) is 43.7 Å². The zero-order chi connectivity index (χ0) is 23.4. The maximum absolute atomic E-state index is 12.9. The molecule has 0 aliphatic carbocycles. The number of rotatable bonds is 6. The average molecular weight is 466 g/mol. The Bertz CT molecular complexity index is 1260. The highest BCUT2D eigenvalue weighted by molar-refractivity contribution is 7.89. The highest BCUT2D eigenvalue weighted by atomic mass is 32.2. The van der Waals surface area contributed by atoms with E-state index in [1.54, 1.807) is 12.1 Å². The summed E-state index contributed by atoms with van der Waals surface area (Å²) < 4.78 is 27.3. The quantitative estimate of drug-likeness (QED) is 0.584. The third-order valence-corrected chi connectivity index (χ3v) is 7.72. The minimum Gasteiger partial charge on any atom is -0.353 e. The Hall–Kier alpha value is -3.23. The van der Waals surface area contributed by atoms with Gasteiger partial charge in [0, 0.05) is 31.7 Å². The normalized spacial score (nSPS) is 15.3. The van der Waals surface area contributed by atoms with Crippen molar-refractivity contribution in [2.75, 3.05) is 18.4 Å². The van der Waals surface area contributed by atoms with Crippen molar-refractivity contribution < 1.29 is 18.0 Å². The summed E-state index contributed by atoms with van der Waals surface area (Å²) in [7, 11) is -3.62. The largest absolute Gasteiger partial charge is 0.353 e. The fraction of sp³-hybridized carbons (Fsp3) is 0.280. The predicted molar refractivity (Wildman–Crippen MR) is 128 cm³/mol. The molecule has 7 nitrogen and oxygen atoms in total. The van der Waals surface area contributed by atoms with E-state index < -0.39 is 10.0 Å². The summed E-state index contributed by atoms with van der Waals surface area (Å²) in [6.07, 6.45) is 1.42. The van der Waals surface area contributed by atoms with Crippen LogP contribution in [0.4, 0.5) is 5.69 Å². The second kappa shape index (κ2) is 9.72. The zero-order valence-electron chi connectivity index (χ0n) is 18.5. The lowest BCUT2D eigenvalue weighted by molar-refractivity contribution is -0.121. The van der Waals surface area contributed by atoms with Crippen molar-refractivity contribution in [3.8, 4) is 0 Å². The number of hydrogen-bond acceptors (Lipinski definition) is 4. The number of sulfonamides is 1. The van der Waals surface area contributed by atoms with E-state index in [0.29, 0.717) is 38.0 Å². The van der Waals surface area contributed by atoms with E-state index in [0.717, 1.165) is 16.3 Å². The smallest absolute Gasteiger partial charge is 0.243 e. The Morgan fingerprint density at radius 3 is 2.27 bits per heavy atom. The van der Waals surface area contributed by atoms with Crippen molar-refractivity contribution in [2.24, 2.45) is 0 Å². The predicted octanol–water partition coefficient (Wildman–Crippen LogP) is 3.31. The maximum atomic E-state index is 12.9. The maximum Gasteiger partial charge on any atom is 0.243 e. The molecule has 1 fully saturated rings. The summed E-state index contributed by atoms with van der Waals surface area (Å²) >= 11 is 0. The van der Waals surface area contributed by atoms with E-state index in [4.69, 9.17) is 0 Å². The first-order valence-corrected chi connectivity index (χ1v) is 12.4. The molecule has 3 aromatic rings. The van der Waals surface area contributed by atoms with Gasteiger partial charge in [-0.3, -0.25) is 9.59 Å². The van der Waals surface area contributed by atoms with Crippen LogP contribution in [-0.2, 0) is 26.0 Å². The SMILES string of the molecule is CC(=O)Nc1ccc(S(=O)(=O)N2CCC(NC(=O)Cc3ccc4ccccc4c3)CC2)cc1. The molecule has 0 unspecified atom stereocenters. The van der Waals surface area contributed by atoms with E-state index in [9.17, 15) is 18.0 Å². The first-order chi connectivity index (χ1) is 15.8. The summed E-state index contributed by atoms with van der Waals surface area (Å²) in [5.74, 6) is -0.268. The standard InChI is InChI=1S/C25H27N3O4S/c1-18(29)26-22-8-10-24(11-9-22)33(31,32)28-14-12-23(13-15-28)27-25(30)17-19-6-7-20-4-2-3-5-21(20)16-19/h2-11,16,23H,12-15,17H2,1H3,(H,26,29)(H,27,30). The van der Waals surface area contributed by atoms with Gasteiger partial charge < -0.3 is 10.6 Å². The minimum atomic E-state index is -3.62. The van der Waals surface area contributed by atoms with Gasteiger partial charge in [-0.1, -0.05) is 42.5 Å². The molecule has 2 N–H and O–H groups in total. The highest BCUT2D eigenvalue weighted by Gasteiger charge is 2.30. The monoisotopic (exact) mass is 465 g/mol. The van der Waals surface area contributed by atoms with Gasteiger partial charge in [0.2, 0.25) is 21.8 Å². The van der Waals surface area contributed by atoms with Crippen LogP contribution in [0.5, 0.6) is 0 Å². The van der Waals surface area contributed by atoms with E-state index in [-0.39, 0.29) is 22.8 Å². The highest BCUT2D eigenvalue weighted by Crippen LogP contribution is 2.23. The molecule has 8 heteroatoms. The van der Waals surface area contributed by atoms with Crippen LogP contribution >= 0.6 is 0 Å². The van der Waals surface area contributed by atoms with Crippen molar-refractivity contribution in [3.05, 3.63) is 72.3 Å². The molecule has 4 rings (SSSR count). The summed E-state index contributed by atoms with van der Waals surface area (Å²) in [5, 5.41) is 7.92. The number of amides is 2. The summed E-state index contributed by atoms with van der Waals surface area (Å²) in [6.45, 7) is 2.09. The van der Waals surface area contributed by atoms with Gasteiger partial charge in [-0.15, -0.1) is 0 Å². The molecular formula is C25H27N3O4S. The summed E-state index contributed by atoms with van der Waals surface area (Å²) in [6, 6.07) is 20.1. The molecule has 0 aromatic heterocycles. The molecule has 33 heavy (non-hydrogen) atoms. The second-order valence-corrected chi connectivity index (χ2v) is 10.2. The number of nitrogens with one attached hydrogen (secondary N) is 2. The van der Waals surface area contributed by atoms with Crippen LogP contribution in [0.2, 0.25) is 0 Å². The number of piperidine rings is 1. The van der Waals surface area contributed by atoms with Crippen LogP contribution in [0.1, 0.15) is 25.3 Å². The van der Waals surface area contributed by atoms with Crippen molar-refractivity contribution in [3.63, 3.8) is 0 Å². The third-order valence-electron chi connectivity index (χ3n) is 5.81. The van der Waals surface area contributed by atoms with Gasteiger partial charge in [-0.2, -0.15) is 4.31 Å². The molecule has 0 bridgehead atoms. The Labute approximate surface area is 193 Å². The molecular weight excluding hydrogens is 438 g/mol. The lowest BCUT2D eigenvalue weighted by Crippen LogP contribution is -2.46. The molecule has 0 spiro atoms. The van der Waals surface area contributed by atoms with E-state index in [2.05, 4.69) is 10.6 Å². The number of anilines is 1. The Kier molecular flexibility index (Phi) is 6.76. The summed E-state index contributed by atoms with van der Waals surface area (Å²) in [4.78, 5) is 23.9. The van der Waals surface area contributed by atoms with Crippen LogP contribution in [0.3, 0.4) is 0 Å². The van der Waals surface area contributed by atoms with Crippen LogP contribution in [0.25, 0.3) is 10.8 Å². The number of fused-ring (bicyclic) bond motifs is 1.